The molecule has 0 spiro atoms. The van der Waals surface area contributed by atoms with Gasteiger partial charge in [-0.1, -0.05) is 6.07 Å². The van der Waals surface area contributed by atoms with Gasteiger partial charge in [0.05, 0.1) is 5.41 Å². The lowest BCUT2D eigenvalue weighted by Gasteiger charge is -2.32. The molecular weight excluding hydrogens is 328 g/mol. The van der Waals surface area contributed by atoms with Crippen molar-refractivity contribution in [1.29, 1.82) is 0 Å². The molecule has 1 saturated carbocycles. The zero-order chi connectivity index (χ0) is 18.1. The van der Waals surface area contributed by atoms with Crippen LogP contribution in [-0.2, 0) is 9.59 Å². The van der Waals surface area contributed by atoms with E-state index < -0.39 is 5.41 Å². The second kappa shape index (κ2) is 6.89. The Morgan fingerprint density at radius 1 is 1.31 bits per heavy atom. The highest BCUT2D eigenvalue weighted by Gasteiger charge is 2.53. The number of rotatable bonds is 4. The van der Waals surface area contributed by atoms with Crippen molar-refractivity contribution in [3.05, 3.63) is 24.4 Å². The van der Waals surface area contributed by atoms with Crippen LogP contribution in [0.1, 0.15) is 32.6 Å². The fourth-order valence-corrected chi connectivity index (χ4v) is 4.54. The predicted octanol–water partition coefficient (Wildman–Crippen LogP) is 1.67. The third-order valence-corrected chi connectivity index (χ3v) is 6.31. The lowest BCUT2D eigenvalue weighted by molar-refractivity contribution is -0.134. The first-order chi connectivity index (χ1) is 12.6. The van der Waals surface area contributed by atoms with E-state index >= 15 is 0 Å². The minimum absolute atomic E-state index is 0.107. The van der Waals surface area contributed by atoms with Gasteiger partial charge in [-0.15, -0.1) is 0 Å². The third-order valence-electron chi connectivity index (χ3n) is 6.31. The van der Waals surface area contributed by atoms with Crippen molar-refractivity contribution in [1.82, 2.24) is 15.2 Å². The molecule has 140 valence electrons. The predicted molar refractivity (Wildman–Crippen MR) is 99.6 cm³/mol. The van der Waals surface area contributed by atoms with Crippen LogP contribution in [0.3, 0.4) is 0 Å². The molecule has 0 aromatic carbocycles. The molecule has 1 N–H and O–H groups in total. The summed E-state index contributed by atoms with van der Waals surface area (Å²) in [6.07, 6.45) is 5.97. The summed E-state index contributed by atoms with van der Waals surface area (Å²) in [4.78, 5) is 33.9. The molecule has 0 unspecified atom stereocenters. The molecule has 3 fully saturated rings. The summed E-state index contributed by atoms with van der Waals surface area (Å²) >= 11 is 0. The van der Waals surface area contributed by atoms with E-state index in [2.05, 4.69) is 15.2 Å². The first-order valence-electron chi connectivity index (χ1n) is 9.78. The molecule has 1 aromatic heterocycles. The average molecular weight is 356 g/mol. The Morgan fingerprint density at radius 2 is 2.15 bits per heavy atom. The smallest absolute Gasteiger partial charge is 0.228 e. The molecular formula is C20H28N4O2. The topological polar surface area (TPSA) is 65.5 Å². The van der Waals surface area contributed by atoms with E-state index in [9.17, 15) is 9.59 Å². The summed E-state index contributed by atoms with van der Waals surface area (Å²) in [5.41, 5.74) is -0.420. The van der Waals surface area contributed by atoms with Crippen LogP contribution in [0.5, 0.6) is 0 Å². The molecule has 2 atom stereocenters. The van der Waals surface area contributed by atoms with Crippen LogP contribution in [0.4, 0.5) is 5.82 Å². The van der Waals surface area contributed by atoms with Gasteiger partial charge in [-0.05, 0) is 43.7 Å². The standard InChI is InChI=1S/C20H28N4O2/c1-15(25)23-10-4-8-20(19(26)22-11-16-6-7-16)14-24(13-17(20)12-23)18-5-2-3-9-21-18/h2-3,5,9,16-17H,4,6-8,10-14H2,1H3,(H,22,26)/t17-,20-/m1/s1. The molecule has 2 aliphatic heterocycles. The molecule has 3 heterocycles. The van der Waals surface area contributed by atoms with Crippen LogP contribution in [-0.4, -0.2) is 54.4 Å². The van der Waals surface area contributed by atoms with E-state index in [4.69, 9.17) is 0 Å². The lowest BCUT2D eigenvalue weighted by atomic mass is 9.74. The van der Waals surface area contributed by atoms with E-state index in [0.29, 0.717) is 19.0 Å². The van der Waals surface area contributed by atoms with Gasteiger partial charge in [0, 0.05) is 51.8 Å². The molecule has 3 aliphatic rings. The van der Waals surface area contributed by atoms with Crippen LogP contribution in [0.2, 0.25) is 0 Å². The lowest BCUT2D eigenvalue weighted by Crippen LogP contribution is -2.48. The Morgan fingerprint density at radius 3 is 2.85 bits per heavy atom. The quantitative estimate of drug-likeness (QED) is 0.891. The highest BCUT2D eigenvalue weighted by atomic mass is 16.2. The average Bonchev–Trinajstić information content (AvgIpc) is 3.43. The number of fused-ring (bicyclic) bond motifs is 1. The van der Waals surface area contributed by atoms with Crippen LogP contribution in [0.15, 0.2) is 24.4 Å². The monoisotopic (exact) mass is 356 g/mol. The normalized spacial score (nSPS) is 28.4. The van der Waals surface area contributed by atoms with Crippen LogP contribution >= 0.6 is 0 Å². The van der Waals surface area contributed by atoms with Gasteiger partial charge >= 0.3 is 0 Å². The van der Waals surface area contributed by atoms with E-state index in [1.165, 1.54) is 12.8 Å². The van der Waals surface area contributed by atoms with Gasteiger partial charge in [0.1, 0.15) is 5.82 Å². The first-order valence-corrected chi connectivity index (χ1v) is 9.78. The number of carbonyl (C=O) groups excluding carboxylic acids is 2. The van der Waals surface area contributed by atoms with Gasteiger partial charge in [-0.2, -0.15) is 0 Å². The molecule has 6 heteroatoms. The van der Waals surface area contributed by atoms with Crippen LogP contribution in [0, 0.1) is 17.3 Å². The largest absolute Gasteiger partial charge is 0.355 e. The Balaban J connectivity index is 1.59. The van der Waals surface area contributed by atoms with Crippen molar-refractivity contribution in [2.24, 2.45) is 17.3 Å². The maximum absolute atomic E-state index is 13.3. The summed E-state index contributed by atoms with van der Waals surface area (Å²) in [6, 6.07) is 5.90. The van der Waals surface area contributed by atoms with Gasteiger partial charge in [-0.3, -0.25) is 9.59 Å². The summed E-state index contributed by atoms with van der Waals surface area (Å²) in [7, 11) is 0. The van der Waals surface area contributed by atoms with Gasteiger partial charge in [0.2, 0.25) is 11.8 Å². The van der Waals surface area contributed by atoms with Crippen molar-refractivity contribution < 1.29 is 9.59 Å². The minimum Gasteiger partial charge on any atom is -0.355 e. The molecule has 1 aliphatic carbocycles. The van der Waals surface area contributed by atoms with E-state index in [0.717, 1.165) is 38.3 Å². The number of anilines is 1. The van der Waals surface area contributed by atoms with E-state index in [1.54, 1.807) is 13.1 Å². The van der Waals surface area contributed by atoms with Crippen molar-refractivity contribution in [3.8, 4) is 0 Å². The molecule has 0 radical (unpaired) electrons. The number of likely N-dealkylation sites (tertiary alicyclic amines) is 1. The van der Waals surface area contributed by atoms with Crippen LogP contribution in [0.25, 0.3) is 0 Å². The Kier molecular flexibility index (Phi) is 4.59. The second-order valence-electron chi connectivity index (χ2n) is 8.14. The number of hydrogen-bond acceptors (Lipinski definition) is 4. The second-order valence-corrected chi connectivity index (χ2v) is 8.14. The third kappa shape index (κ3) is 3.29. The maximum Gasteiger partial charge on any atom is 0.228 e. The number of nitrogens with one attached hydrogen (secondary N) is 1. The number of aromatic nitrogens is 1. The van der Waals surface area contributed by atoms with E-state index in [1.807, 2.05) is 23.1 Å². The van der Waals surface area contributed by atoms with Gasteiger partial charge in [-0.25, -0.2) is 4.98 Å². The molecule has 26 heavy (non-hydrogen) atoms. The molecule has 6 nitrogen and oxygen atoms in total. The maximum atomic E-state index is 13.3. The zero-order valence-electron chi connectivity index (χ0n) is 15.5. The molecule has 1 aromatic rings. The van der Waals surface area contributed by atoms with Crippen molar-refractivity contribution >= 4 is 17.6 Å². The number of pyridine rings is 1. The van der Waals surface area contributed by atoms with Gasteiger partial charge in [0.25, 0.3) is 0 Å². The highest BCUT2D eigenvalue weighted by Crippen LogP contribution is 2.44. The fourth-order valence-electron chi connectivity index (χ4n) is 4.54. The van der Waals surface area contributed by atoms with Crippen molar-refractivity contribution in [2.45, 2.75) is 32.6 Å². The molecule has 4 rings (SSSR count). The molecule has 2 amide bonds. The van der Waals surface area contributed by atoms with Crippen molar-refractivity contribution in [2.75, 3.05) is 37.6 Å². The fraction of sp³-hybridized carbons (Fsp3) is 0.650. The SMILES string of the molecule is CC(=O)N1CCC[C@@]2(C(=O)NCC3CC3)CN(c3ccccn3)C[C@H]2C1. The number of carbonyl (C=O) groups is 2. The molecule has 2 saturated heterocycles. The van der Waals surface area contributed by atoms with Crippen LogP contribution < -0.4 is 10.2 Å². The zero-order valence-corrected chi connectivity index (χ0v) is 15.5. The summed E-state index contributed by atoms with van der Waals surface area (Å²) in [6.45, 7) is 5.32. The summed E-state index contributed by atoms with van der Waals surface area (Å²) in [5.74, 6) is 2.02. The Bertz CT molecular complexity index is 676. The van der Waals surface area contributed by atoms with Crippen molar-refractivity contribution in [3.63, 3.8) is 0 Å². The van der Waals surface area contributed by atoms with Gasteiger partial charge in [0.15, 0.2) is 0 Å². The summed E-state index contributed by atoms with van der Waals surface area (Å²) < 4.78 is 0. The van der Waals surface area contributed by atoms with Gasteiger partial charge < -0.3 is 15.1 Å². The number of nitrogens with zero attached hydrogens (tertiary/aromatic N) is 3. The Labute approximate surface area is 155 Å². The molecule has 0 bridgehead atoms. The van der Waals surface area contributed by atoms with E-state index in [-0.39, 0.29) is 17.7 Å². The summed E-state index contributed by atoms with van der Waals surface area (Å²) in [5, 5.41) is 3.23. The minimum atomic E-state index is -0.420. The Hall–Kier alpha value is -2.11. The highest BCUT2D eigenvalue weighted by molar-refractivity contribution is 5.85. The first kappa shape index (κ1) is 17.3. The number of hydrogen-bond donors (Lipinski definition) is 1. The number of amides is 2.